The number of amidine groups is 1. The fourth-order valence-electron chi connectivity index (χ4n) is 3.10. The number of likely N-dealkylation sites (N-methyl/N-ethyl adjacent to an activating group) is 2. The van der Waals surface area contributed by atoms with Gasteiger partial charge >= 0.3 is 6.03 Å². The fraction of sp³-hybridized carbons (Fsp3) is 0.500. The van der Waals surface area contributed by atoms with Crippen LogP contribution >= 0.6 is 11.8 Å². The molecular formula is C18H24N4O2S. The van der Waals surface area contributed by atoms with Crippen molar-refractivity contribution in [2.45, 2.75) is 39.0 Å². The van der Waals surface area contributed by atoms with Gasteiger partial charge in [-0.3, -0.25) is 9.69 Å². The molecule has 0 radical (unpaired) electrons. The molecule has 3 amide bonds. The van der Waals surface area contributed by atoms with E-state index in [4.69, 9.17) is 0 Å². The van der Waals surface area contributed by atoms with Crippen LogP contribution in [0.3, 0.4) is 0 Å². The molecule has 0 saturated carbocycles. The van der Waals surface area contributed by atoms with Crippen molar-refractivity contribution in [2.75, 3.05) is 19.8 Å². The molecule has 7 heteroatoms. The highest BCUT2D eigenvalue weighted by Crippen LogP contribution is 2.30. The van der Waals surface area contributed by atoms with Gasteiger partial charge in [-0.2, -0.15) is 0 Å². The number of thioether (sulfide) groups is 1. The van der Waals surface area contributed by atoms with Crippen molar-refractivity contribution >= 4 is 28.9 Å². The standard InChI is InChI=1S/C18H24N4O2S/c1-5-10-25-17-19-15-14(20(17)3)16(23)22(18(24)21(15)4)11-13-8-6-12(2)7-9-13/h6-9,14-15H,5,10-11H2,1-4H3. The van der Waals surface area contributed by atoms with Gasteiger partial charge in [0.2, 0.25) is 0 Å². The number of fused-ring (bicyclic) bond motifs is 1. The number of benzene rings is 1. The van der Waals surface area contributed by atoms with Gasteiger partial charge in [0.05, 0.1) is 6.54 Å². The van der Waals surface area contributed by atoms with E-state index in [2.05, 4.69) is 11.9 Å². The van der Waals surface area contributed by atoms with Crippen molar-refractivity contribution in [1.82, 2.24) is 14.7 Å². The Morgan fingerprint density at radius 2 is 1.80 bits per heavy atom. The minimum Gasteiger partial charge on any atom is -0.339 e. The molecule has 2 atom stereocenters. The molecule has 2 unspecified atom stereocenters. The third-order valence-corrected chi connectivity index (χ3v) is 5.85. The van der Waals surface area contributed by atoms with Crippen LogP contribution in [0.1, 0.15) is 24.5 Å². The van der Waals surface area contributed by atoms with Gasteiger partial charge < -0.3 is 9.80 Å². The molecule has 2 aliphatic heterocycles. The minimum atomic E-state index is -0.437. The first-order chi connectivity index (χ1) is 11.9. The second kappa shape index (κ2) is 7.07. The molecule has 1 aromatic carbocycles. The molecule has 3 rings (SSSR count). The van der Waals surface area contributed by atoms with Crippen molar-refractivity contribution in [2.24, 2.45) is 4.99 Å². The number of urea groups is 1. The Bertz CT molecular complexity index is 704. The number of carbonyl (C=O) groups excluding carboxylic acids is 2. The minimum absolute atomic E-state index is 0.174. The summed E-state index contributed by atoms with van der Waals surface area (Å²) in [6.45, 7) is 4.41. The van der Waals surface area contributed by atoms with Gasteiger partial charge in [-0.05, 0) is 18.9 Å². The van der Waals surface area contributed by atoms with Gasteiger partial charge in [-0.1, -0.05) is 48.5 Å². The van der Waals surface area contributed by atoms with E-state index in [1.54, 1.807) is 23.7 Å². The quantitative estimate of drug-likeness (QED) is 0.828. The third-order valence-electron chi connectivity index (χ3n) is 4.59. The summed E-state index contributed by atoms with van der Waals surface area (Å²) in [7, 11) is 3.61. The van der Waals surface area contributed by atoms with E-state index in [1.807, 2.05) is 43.1 Å². The summed E-state index contributed by atoms with van der Waals surface area (Å²) in [4.78, 5) is 35.2. The first-order valence-electron chi connectivity index (χ1n) is 8.51. The van der Waals surface area contributed by atoms with Gasteiger partial charge in [0.25, 0.3) is 5.91 Å². The predicted octanol–water partition coefficient (Wildman–Crippen LogP) is 2.53. The maximum Gasteiger partial charge on any atom is 0.328 e. The third kappa shape index (κ3) is 3.25. The Balaban J connectivity index is 1.82. The van der Waals surface area contributed by atoms with Crippen LogP contribution in [0, 0.1) is 6.92 Å². The summed E-state index contributed by atoms with van der Waals surface area (Å²) in [5, 5.41) is 0.835. The molecule has 0 bridgehead atoms. The lowest BCUT2D eigenvalue weighted by molar-refractivity contribution is -0.137. The first-order valence-corrected chi connectivity index (χ1v) is 9.49. The van der Waals surface area contributed by atoms with Crippen LogP contribution in [0.15, 0.2) is 29.3 Å². The molecule has 2 heterocycles. The zero-order valence-corrected chi connectivity index (χ0v) is 15.9. The van der Waals surface area contributed by atoms with Crippen LogP contribution in [-0.2, 0) is 11.3 Å². The number of imide groups is 1. The number of rotatable bonds is 4. The second-order valence-corrected chi connectivity index (χ2v) is 7.60. The van der Waals surface area contributed by atoms with E-state index in [-0.39, 0.29) is 18.5 Å². The summed E-state index contributed by atoms with van der Waals surface area (Å²) in [6.07, 6.45) is 0.605. The van der Waals surface area contributed by atoms with Crippen molar-refractivity contribution in [3.05, 3.63) is 35.4 Å². The number of amides is 3. The Hall–Kier alpha value is -2.02. The molecule has 0 spiro atoms. The van der Waals surface area contributed by atoms with Crippen LogP contribution in [0.4, 0.5) is 4.79 Å². The van der Waals surface area contributed by atoms with Gasteiger partial charge in [0.1, 0.15) is 0 Å². The van der Waals surface area contributed by atoms with Crippen molar-refractivity contribution in [3.63, 3.8) is 0 Å². The average Bonchev–Trinajstić information content (AvgIpc) is 2.93. The van der Waals surface area contributed by atoms with Crippen LogP contribution in [0.5, 0.6) is 0 Å². The average molecular weight is 360 g/mol. The van der Waals surface area contributed by atoms with Crippen LogP contribution in [0.2, 0.25) is 0 Å². The van der Waals surface area contributed by atoms with Crippen molar-refractivity contribution in [3.8, 4) is 0 Å². The molecule has 1 fully saturated rings. The summed E-state index contributed by atoms with van der Waals surface area (Å²) in [6, 6.07) is 7.17. The van der Waals surface area contributed by atoms with Crippen LogP contribution in [0.25, 0.3) is 0 Å². The highest BCUT2D eigenvalue weighted by atomic mass is 32.2. The highest BCUT2D eigenvalue weighted by molar-refractivity contribution is 8.13. The SMILES string of the molecule is CCCSC1=NC2C(C(=O)N(Cc3ccc(C)cc3)C(=O)N2C)N1C. The molecule has 134 valence electrons. The smallest absolute Gasteiger partial charge is 0.328 e. The zero-order chi connectivity index (χ0) is 18.1. The van der Waals surface area contributed by atoms with E-state index >= 15 is 0 Å². The Morgan fingerprint density at radius 1 is 1.12 bits per heavy atom. The molecule has 2 aliphatic rings. The maximum absolute atomic E-state index is 13.0. The summed E-state index contributed by atoms with van der Waals surface area (Å²) in [5.41, 5.74) is 2.10. The summed E-state index contributed by atoms with van der Waals surface area (Å²) in [5.74, 6) is 0.772. The van der Waals surface area contributed by atoms with E-state index in [0.29, 0.717) is 0 Å². The first kappa shape index (κ1) is 17.8. The van der Waals surface area contributed by atoms with Gasteiger partial charge in [0.15, 0.2) is 17.4 Å². The number of nitrogens with zero attached hydrogens (tertiary/aromatic N) is 4. The van der Waals surface area contributed by atoms with Gasteiger partial charge in [-0.25, -0.2) is 9.79 Å². The zero-order valence-electron chi connectivity index (χ0n) is 15.1. The topological polar surface area (TPSA) is 56.2 Å². The summed E-state index contributed by atoms with van der Waals surface area (Å²) < 4.78 is 0. The van der Waals surface area contributed by atoms with E-state index < -0.39 is 12.2 Å². The normalized spacial score (nSPS) is 23.2. The highest BCUT2D eigenvalue weighted by Gasteiger charge is 2.50. The van der Waals surface area contributed by atoms with Gasteiger partial charge in [0, 0.05) is 19.8 Å². The lowest BCUT2D eigenvalue weighted by Crippen LogP contribution is -2.64. The number of hydrogen-bond donors (Lipinski definition) is 0. The Kier molecular flexibility index (Phi) is 5.03. The van der Waals surface area contributed by atoms with Crippen LogP contribution < -0.4 is 0 Å². The molecule has 6 nitrogen and oxygen atoms in total. The molecule has 25 heavy (non-hydrogen) atoms. The predicted molar refractivity (Wildman–Crippen MR) is 100 cm³/mol. The lowest BCUT2D eigenvalue weighted by Gasteiger charge is -2.40. The second-order valence-electron chi connectivity index (χ2n) is 6.53. The number of aliphatic imine (C=N–C) groups is 1. The summed E-state index contributed by atoms with van der Waals surface area (Å²) >= 11 is 1.64. The molecule has 1 aromatic rings. The lowest BCUT2D eigenvalue weighted by atomic mass is 10.1. The van der Waals surface area contributed by atoms with Crippen molar-refractivity contribution < 1.29 is 9.59 Å². The fourth-order valence-corrected chi connectivity index (χ4v) is 3.98. The van der Waals surface area contributed by atoms with E-state index in [1.165, 1.54) is 4.90 Å². The number of hydrogen-bond acceptors (Lipinski definition) is 5. The van der Waals surface area contributed by atoms with E-state index in [0.717, 1.165) is 28.5 Å². The van der Waals surface area contributed by atoms with Crippen LogP contribution in [-0.4, -0.2) is 63.9 Å². The molecule has 0 aromatic heterocycles. The van der Waals surface area contributed by atoms with Gasteiger partial charge in [-0.15, -0.1) is 0 Å². The number of aryl methyl sites for hydroxylation is 1. The van der Waals surface area contributed by atoms with Crippen molar-refractivity contribution in [1.29, 1.82) is 0 Å². The Morgan fingerprint density at radius 3 is 2.44 bits per heavy atom. The largest absolute Gasteiger partial charge is 0.339 e. The maximum atomic E-state index is 13.0. The molecule has 1 saturated heterocycles. The molecule has 0 N–H and O–H groups in total. The van der Waals surface area contributed by atoms with E-state index in [9.17, 15) is 9.59 Å². The Labute approximate surface area is 152 Å². The molecular weight excluding hydrogens is 336 g/mol. The number of carbonyl (C=O) groups is 2. The monoisotopic (exact) mass is 360 g/mol. The molecule has 0 aliphatic carbocycles.